The van der Waals surface area contributed by atoms with E-state index in [2.05, 4.69) is 20.7 Å². The van der Waals surface area contributed by atoms with E-state index < -0.39 is 29.5 Å². The molecule has 1 atom stereocenters. The molecule has 150 valence electrons. The summed E-state index contributed by atoms with van der Waals surface area (Å²) in [5, 5.41) is 9.18. The molecule has 2 heterocycles. The Balaban J connectivity index is 1.68. The molecule has 0 bridgehead atoms. The quantitative estimate of drug-likeness (QED) is 0.620. The van der Waals surface area contributed by atoms with Crippen molar-refractivity contribution >= 4 is 29.1 Å². The molecule has 0 aliphatic carbocycles. The number of pyridine rings is 1. The van der Waals surface area contributed by atoms with Gasteiger partial charge in [-0.2, -0.15) is 5.10 Å². The van der Waals surface area contributed by atoms with Crippen molar-refractivity contribution in [3.8, 4) is 5.82 Å². The Labute approximate surface area is 169 Å². The third-order valence-corrected chi connectivity index (χ3v) is 4.34. The van der Waals surface area contributed by atoms with Gasteiger partial charge in [-0.1, -0.05) is 18.5 Å². The van der Waals surface area contributed by atoms with E-state index in [1.165, 1.54) is 23.3 Å². The first-order valence-corrected chi connectivity index (χ1v) is 8.99. The predicted molar refractivity (Wildman–Crippen MR) is 103 cm³/mol. The molecule has 2 aromatic heterocycles. The Morgan fingerprint density at radius 2 is 2.03 bits per heavy atom. The van der Waals surface area contributed by atoms with Crippen LogP contribution < -0.4 is 10.6 Å². The Morgan fingerprint density at radius 1 is 1.24 bits per heavy atom. The Bertz CT molecular complexity index is 1060. The van der Waals surface area contributed by atoms with Crippen LogP contribution in [0.5, 0.6) is 0 Å². The van der Waals surface area contributed by atoms with E-state index in [9.17, 15) is 18.4 Å². The molecular formula is C19H16ClF2N5O2. The first kappa shape index (κ1) is 20.4. The minimum absolute atomic E-state index is 0.0359. The number of amides is 2. The van der Waals surface area contributed by atoms with E-state index >= 15 is 0 Å². The van der Waals surface area contributed by atoms with Gasteiger partial charge in [0.05, 0.1) is 29.1 Å². The molecule has 2 amide bonds. The van der Waals surface area contributed by atoms with Crippen molar-refractivity contribution in [1.82, 2.24) is 20.1 Å². The average Bonchev–Trinajstić information content (AvgIpc) is 3.16. The van der Waals surface area contributed by atoms with Crippen LogP contribution in [0.15, 0.2) is 48.9 Å². The number of halogens is 3. The van der Waals surface area contributed by atoms with Crippen LogP contribution in [-0.2, 0) is 9.59 Å². The number of carbonyl (C=O) groups excluding carboxylic acids is 2. The van der Waals surface area contributed by atoms with Crippen LogP contribution in [0.4, 0.5) is 14.5 Å². The van der Waals surface area contributed by atoms with E-state index in [0.717, 1.165) is 18.2 Å². The Kier molecular flexibility index (Phi) is 6.18. The van der Waals surface area contributed by atoms with E-state index in [-0.39, 0.29) is 17.7 Å². The predicted octanol–water partition coefficient (Wildman–Crippen LogP) is 3.40. The van der Waals surface area contributed by atoms with Gasteiger partial charge in [0.15, 0.2) is 5.82 Å². The molecule has 2 N–H and O–H groups in total. The van der Waals surface area contributed by atoms with Crippen LogP contribution in [0, 0.1) is 11.6 Å². The normalized spacial score (nSPS) is 11.7. The Morgan fingerprint density at radius 3 is 2.76 bits per heavy atom. The zero-order valence-electron chi connectivity index (χ0n) is 15.2. The molecule has 1 unspecified atom stereocenters. The highest BCUT2D eigenvalue weighted by molar-refractivity contribution is 6.39. The number of rotatable bonds is 5. The molecule has 0 aliphatic rings. The highest BCUT2D eigenvalue weighted by atomic mass is 35.5. The number of aromatic nitrogens is 3. The van der Waals surface area contributed by atoms with Gasteiger partial charge in [0, 0.05) is 11.8 Å². The molecule has 3 rings (SSSR count). The molecule has 0 saturated carbocycles. The zero-order chi connectivity index (χ0) is 21.0. The summed E-state index contributed by atoms with van der Waals surface area (Å²) in [6.45, 7) is 1.67. The largest absolute Gasteiger partial charge is 0.341 e. The SMILES string of the molecule is CCC(NC(=O)C(=O)Nc1cnn(-c2ncccc2Cl)c1)c1cc(F)ccc1F. The molecule has 10 heteroatoms. The van der Waals surface area contributed by atoms with Gasteiger partial charge in [0.25, 0.3) is 0 Å². The third kappa shape index (κ3) is 4.75. The molecular weight excluding hydrogens is 404 g/mol. The number of hydrogen-bond acceptors (Lipinski definition) is 4. The van der Waals surface area contributed by atoms with Gasteiger partial charge in [0.2, 0.25) is 0 Å². The van der Waals surface area contributed by atoms with Crippen molar-refractivity contribution in [3.63, 3.8) is 0 Å². The van der Waals surface area contributed by atoms with E-state index in [1.54, 1.807) is 19.1 Å². The smallest absolute Gasteiger partial charge is 0.313 e. The molecule has 7 nitrogen and oxygen atoms in total. The molecule has 1 aromatic carbocycles. The highest BCUT2D eigenvalue weighted by Crippen LogP contribution is 2.21. The number of nitrogens with one attached hydrogen (secondary N) is 2. The molecule has 3 aromatic rings. The van der Waals surface area contributed by atoms with Gasteiger partial charge < -0.3 is 10.6 Å². The van der Waals surface area contributed by atoms with Crippen molar-refractivity contribution < 1.29 is 18.4 Å². The van der Waals surface area contributed by atoms with Crippen molar-refractivity contribution in [1.29, 1.82) is 0 Å². The molecule has 0 fully saturated rings. The molecule has 0 spiro atoms. The lowest BCUT2D eigenvalue weighted by Crippen LogP contribution is -2.37. The molecule has 0 radical (unpaired) electrons. The maximum Gasteiger partial charge on any atom is 0.313 e. The third-order valence-electron chi connectivity index (χ3n) is 4.05. The molecule has 0 aliphatic heterocycles. The fourth-order valence-electron chi connectivity index (χ4n) is 2.64. The zero-order valence-corrected chi connectivity index (χ0v) is 16.0. The summed E-state index contributed by atoms with van der Waals surface area (Å²) >= 11 is 6.05. The fraction of sp³-hybridized carbons (Fsp3) is 0.158. The summed E-state index contributed by atoms with van der Waals surface area (Å²) in [7, 11) is 0. The second-order valence-electron chi connectivity index (χ2n) is 6.04. The second kappa shape index (κ2) is 8.78. The average molecular weight is 420 g/mol. The first-order chi connectivity index (χ1) is 13.9. The standard InChI is InChI=1S/C19H16ClF2N5O2/c1-2-16(13-8-11(21)5-6-15(13)22)26-19(29)18(28)25-12-9-24-27(10-12)17-14(20)4-3-7-23-17/h3-10,16H,2H2,1H3,(H,25,28)(H,26,29). The maximum absolute atomic E-state index is 14.0. The first-order valence-electron chi connectivity index (χ1n) is 8.61. The monoisotopic (exact) mass is 419 g/mol. The van der Waals surface area contributed by atoms with E-state index in [1.807, 2.05) is 0 Å². The second-order valence-corrected chi connectivity index (χ2v) is 6.44. The van der Waals surface area contributed by atoms with Crippen LogP contribution in [0.3, 0.4) is 0 Å². The number of nitrogens with zero attached hydrogens (tertiary/aromatic N) is 3. The highest BCUT2D eigenvalue weighted by Gasteiger charge is 2.22. The lowest BCUT2D eigenvalue weighted by atomic mass is 10.0. The molecule has 29 heavy (non-hydrogen) atoms. The topological polar surface area (TPSA) is 88.9 Å². The van der Waals surface area contributed by atoms with Gasteiger partial charge in [0.1, 0.15) is 11.6 Å². The van der Waals surface area contributed by atoms with Crippen LogP contribution in [0.25, 0.3) is 5.82 Å². The van der Waals surface area contributed by atoms with Crippen molar-refractivity contribution in [2.75, 3.05) is 5.32 Å². The van der Waals surface area contributed by atoms with E-state index in [0.29, 0.717) is 10.8 Å². The van der Waals surface area contributed by atoms with Gasteiger partial charge in [-0.15, -0.1) is 0 Å². The maximum atomic E-state index is 14.0. The van der Waals surface area contributed by atoms with Crippen LogP contribution in [0.2, 0.25) is 5.02 Å². The summed E-state index contributed by atoms with van der Waals surface area (Å²) in [6, 6.07) is 5.37. The van der Waals surface area contributed by atoms with Gasteiger partial charge >= 0.3 is 11.8 Å². The van der Waals surface area contributed by atoms with Crippen LogP contribution in [0.1, 0.15) is 24.9 Å². The lowest BCUT2D eigenvalue weighted by Gasteiger charge is -2.17. The summed E-state index contributed by atoms with van der Waals surface area (Å²) < 4.78 is 28.7. The fourth-order valence-corrected chi connectivity index (χ4v) is 2.85. The minimum atomic E-state index is -0.996. The Hall–Kier alpha value is -3.33. The van der Waals surface area contributed by atoms with Gasteiger partial charge in [-0.25, -0.2) is 18.4 Å². The van der Waals surface area contributed by atoms with Gasteiger partial charge in [-0.05, 0) is 36.8 Å². The van der Waals surface area contributed by atoms with Gasteiger partial charge in [-0.3, -0.25) is 9.59 Å². The van der Waals surface area contributed by atoms with Crippen molar-refractivity contribution in [2.24, 2.45) is 0 Å². The van der Waals surface area contributed by atoms with Crippen LogP contribution >= 0.6 is 11.6 Å². The number of hydrogen-bond donors (Lipinski definition) is 2. The number of benzene rings is 1. The van der Waals surface area contributed by atoms with Crippen LogP contribution in [-0.4, -0.2) is 26.6 Å². The lowest BCUT2D eigenvalue weighted by molar-refractivity contribution is -0.136. The van der Waals surface area contributed by atoms with Crippen molar-refractivity contribution in [3.05, 3.63) is 71.1 Å². The summed E-state index contributed by atoms with van der Waals surface area (Å²) in [5.41, 5.74) is 0.197. The number of anilines is 1. The number of carbonyl (C=O) groups is 2. The van der Waals surface area contributed by atoms with Crippen molar-refractivity contribution in [2.45, 2.75) is 19.4 Å². The summed E-state index contributed by atoms with van der Waals surface area (Å²) in [4.78, 5) is 28.5. The molecule has 0 saturated heterocycles. The summed E-state index contributed by atoms with van der Waals surface area (Å²) in [5.74, 6) is -2.94. The minimum Gasteiger partial charge on any atom is -0.341 e. The summed E-state index contributed by atoms with van der Waals surface area (Å²) in [6.07, 6.45) is 4.54. The van der Waals surface area contributed by atoms with E-state index in [4.69, 9.17) is 11.6 Å².